The van der Waals surface area contributed by atoms with Gasteiger partial charge in [0.25, 0.3) is 5.91 Å². The van der Waals surface area contributed by atoms with Crippen LogP contribution in [0.4, 0.5) is 10.1 Å². The zero-order valence-corrected chi connectivity index (χ0v) is 14.7. The number of carbonyl (C=O) groups excluding carboxylic acids is 2. The lowest BCUT2D eigenvalue weighted by atomic mass is 10.1. The fraction of sp³-hybridized carbons (Fsp3) is 0.222. The van der Waals surface area contributed by atoms with Gasteiger partial charge in [-0.05, 0) is 36.2 Å². The van der Waals surface area contributed by atoms with Crippen molar-refractivity contribution in [2.45, 2.75) is 19.4 Å². The second-order valence-electron chi connectivity index (χ2n) is 5.74. The quantitative estimate of drug-likeness (QED) is 0.808. The Hall–Kier alpha value is -2.11. The van der Waals surface area contributed by atoms with Crippen molar-refractivity contribution in [1.29, 1.82) is 0 Å². The Labute approximate surface area is 154 Å². The Bertz CT molecular complexity index is 825. The zero-order valence-electron chi connectivity index (χ0n) is 13.2. The van der Waals surface area contributed by atoms with E-state index in [1.54, 1.807) is 4.90 Å². The lowest BCUT2D eigenvalue weighted by molar-refractivity contribution is -0.117. The molecular weight excluding hydrogens is 366 g/mol. The summed E-state index contributed by atoms with van der Waals surface area (Å²) in [6.07, 6.45) is 1.45. The van der Waals surface area contributed by atoms with Crippen LogP contribution in [0.15, 0.2) is 36.4 Å². The number of carbonyl (C=O) groups is 2. The van der Waals surface area contributed by atoms with Gasteiger partial charge in [0.05, 0.1) is 15.6 Å². The molecule has 0 unspecified atom stereocenters. The molecule has 1 saturated heterocycles. The third-order valence-electron chi connectivity index (χ3n) is 4.03. The number of benzene rings is 2. The van der Waals surface area contributed by atoms with E-state index in [0.29, 0.717) is 6.42 Å². The smallest absolute Gasteiger partial charge is 0.253 e. The van der Waals surface area contributed by atoms with Crippen LogP contribution in [0.3, 0.4) is 0 Å². The fourth-order valence-electron chi connectivity index (χ4n) is 2.69. The van der Waals surface area contributed by atoms with Gasteiger partial charge in [-0.2, -0.15) is 0 Å². The molecule has 0 aromatic heterocycles. The molecular formula is C18H15Cl2FN2O2. The second-order valence-corrected chi connectivity index (χ2v) is 6.56. The van der Waals surface area contributed by atoms with E-state index in [2.05, 4.69) is 5.32 Å². The predicted molar refractivity (Wildman–Crippen MR) is 95.6 cm³/mol. The van der Waals surface area contributed by atoms with Gasteiger partial charge < -0.3 is 10.2 Å². The van der Waals surface area contributed by atoms with Gasteiger partial charge in [-0.3, -0.25) is 9.59 Å². The largest absolute Gasteiger partial charge is 0.348 e. The minimum atomic E-state index is -0.698. The molecule has 3 rings (SSSR count). The SMILES string of the molecule is O=C(NCc1ccc(N2CCCC2=O)cc1)c1cc(F)c(Cl)cc1Cl. The molecule has 1 aliphatic heterocycles. The van der Waals surface area contributed by atoms with Crippen molar-refractivity contribution < 1.29 is 14.0 Å². The number of amides is 2. The number of hydrogen-bond donors (Lipinski definition) is 1. The fourth-order valence-corrected chi connectivity index (χ4v) is 3.16. The molecule has 1 aliphatic rings. The molecule has 2 amide bonds. The summed E-state index contributed by atoms with van der Waals surface area (Å²) >= 11 is 11.6. The first kappa shape index (κ1) is 17.7. The molecule has 25 heavy (non-hydrogen) atoms. The van der Waals surface area contributed by atoms with E-state index in [0.717, 1.165) is 30.3 Å². The van der Waals surface area contributed by atoms with E-state index in [1.807, 2.05) is 24.3 Å². The summed E-state index contributed by atoms with van der Waals surface area (Å²) in [5, 5.41) is 2.65. The maximum atomic E-state index is 13.5. The van der Waals surface area contributed by atoms with Gasteiger partial charge in [-0.1, -0.05) is 35.3 Å². The maximum absolute atomic E-state index is 13.5. The van der Waals surface area contributed by atoms with Gasteiger partial charge in [0.2, 0.25) is 5.91 Å². The summed E-state index contributed by atoms with van der Waals surface area (Å²) in [6, 6.07) is 9.59. The number of nitrogens with zero attached hydrogens (tertiary/aromatic N) is 1. The van der Waals surface area contributed by atoms with Crippen molar-refractivity contribution in [3.8, 4) is 0 Å². The normalized spacial score (nSPS) is 14.0. The molecule has 130 valence electrons. The summed E-state index contributed by atoms with van der Waals surface area (Å²) in [7, 11) is 0. The van der Waals surface area contributed by atoms with E-state index in [1.165, 1.54) is 6.07 Å². The van der Waals surface area contributed by atoms with Crippen molar-refractivity contribution in [3.05, 3.63) is 63.4 Å². The van der Waals surface area contributed by atoms with E-state index in [-0.39, 0.29) is 28.1 Å². The van der Waals surface area contributed by atoms with Crippen LogP contribution in [0.5, 0.6) is 0 Å². The maximum Gasteiger partial charge on any atom is 0.253 e. The van der Waals surface area contributed by atoms with Gasteiger partial charge in [0.1, 0.15) is 5.82 Å². The Morgan fingerprint density at radius 1 is 1.16 bits per heavy atom. The first-order valence-electron chi connectivity index (χ1n) is 7.78. The monoisotopic (exact) mass is 380 g/mol. The second kappa shape index (κ2) is 7.42. The summed E-state index contributed by atoms with van der Waals surface area (Å²) in [5.74, 6) is -1.06. The Balaban J connectivity index is 1.64. The van der Waals surface area contributed by atoms with Crippen LogP contribution >= 0.6 is 23.2 Å². The highest BCUT2D eigenvalue weighted by molar-refractivity contribution is 6.36. The first-order valence-corrected chi connectivity index (χ1v) is 8.53. The molecule has 1 heterocycles. The number of rotatable bonds is 4. The van der Waals surface area contributed by atoms with Crippen LogP contribution in [0.1, 0.15) is 28.8 Å². The molecule has 4 nitrogen and oxygen atoms in total. The van der Waals surface area contributed by atoms with Crippen LogP contribution in [-0.4, -0.2) is 18.4 Å². The molecule has 2 aromatic rings. The van der Waals surface area contributed by atoms with E-state index in [9.17, 15) is 14.0 Å². The zero-order chi connectivity index (χ0) is 18.0. The average molecular weight is 381 g/mol. The molecule has 7 heteroatoms. The van der Waals surface area contributed by atoms with E-state index < -0.39 is 11.7 Å². The highest BCUT2D eigenvalue weighted by Gasteiger charge is 2.21. The standard InChI is InChI=1S/C18H15Cl2FN2O2/c19-14-9-15(20)16(21)8-13(14)18(25)22-10-11-3-5-12(6-4-11)23-7-1-2-17(23)24/h3-6,8-9H,1-2,7,10H2,(H,22,25). The van der Waals surface area contributed by atoms with Gasteiger partial charge in [-0.25, -0.2) is 4.39 Å². The van der Waals surface area contributed by atoms with E-state index >= 15 is 0 Å². The van der Waals surface area contributed by atoms with Crippen LogP contribution in [0.25, 0.3) is 0 Å². The predicted octanol–water partition coefficient (Wildman–Crippen LogP) is 4.19. The molecule has 2 aromatic carbocycles. The Morgan fingerprint density at radius 2 is 1.88 bits per heavy atom. The topological polar surface area (TPSA) is 49.4 Å². The highest BCUT2D eigenvalue weighted by atomic mass is 35.5. The number of hydrogen-bond acceptors (Lipinski definition) is 2. The summed E-state index contributed by atoms with van der Waals surface area (Å²) in [6.45, 7) is 0.989. The molecule has 0 atom stereocenters. The summed E-state index contributed by atoms with van der Waals surface area (Å²) < 4.78 is 13.5. The molecule has 0 spiro atoms. The minimum absolute atomic E-state index is 0.0304. The van der Waals surface area contributed by atoms with Crippen molar-refractivity contribution >= 4 is 40.7 Å². The van der Waals surface area contributed by atoms with Crippen molar-refractivity contribution in [2.75, 3.05) is 11.4 Å². The number of halogens is 3. The lowest BCUT2D eigenvalue weighted by Gasteiger charge is -2.16. The molecule has 0 radical (unpaired) electrons. The van der Waals surface area contributed by atoms with E-state index in [4.69, 9.17) is 23.2 Å². The third-order valence-corrected chi connectivity index (χ3v) is 4.63. The molecule has 0 bridgehead atoms. The minimum Gasteiger partial charge on any atom is -0.348 e. The van der Waals surface area contributed by atoms with Gasteiger partial charge in [0.15, 0.2) is 0 Å². The molecule has 1 N–H and O–H groups in total. The van der Waals surface area contributed by atoms with Gasteiger partial charge in [0, 0.05) is 25.2 Å². The average Bonchev–Trinajstić information content (AvgIpc) is 3.02. The van der Waals surface area contributed by atoms with Gasteiger partial charge >= 0.3 is 0 Å². The Kier molecular flexibility index (Phi) is 5.25. The van der Waals surface area contributed by atoms with Crippen LogP contribution in [0, 0.1) is 5.82 Å². The molecule has 1 fully saturated rings. The number of anilines is 1. The number of nitrogens with one attached hydrogen (secondary N) is 1. The third kappa shape index (κ3) is 3.94. The molecule has 0 aliphatic carbocycles. The van der Waals surface area contributed by atoms with Gasteiger partial charge in [-0.15, -0.1) is 0 Å². The lowest BCUT2D eigenvalue weighted by Crippen LogP contribution is -2.24. The van der Waals surface area contributed by atoms with Crippen molar-refractivity contribution in [2.24, 2.45) is 0 Å². The van der Waals surface area contributed by atoms with Crippen molar-refractivity contribution in [1.82, 2.24) is 5.32 Å². The molecule has 0 saturated carbocycles. The van der Waals surface area contributed by atoms with Crippen molar-refractivity contribution in [3.63, 3.8) is 0 Å². The van der Waals surface area contributed by atoms with Crippen LogP contribution < -0.4 is 10.2 Å². The Morgan fingerprint density at radius 3 is 2.52 bits per heavy atom. The van der Waals surface area contributed by atoms with Crippen LogP contribution in [-0.2, 0) is 11.3 Å². The first-order chi connectivity index (χ1) is 12.0. The summed E-state index contributed by atoms with van der Waals surface area (Å²) in [4.78, 5) is 25.6. The summed E-state index contributed by atoms with van der Waals surface area (Å²) in [5.41, 5.74) is 1.73. The highest BCUT2D eigenvalue weighted by Crippen LogP contribution is 2.25. The van der Waals surface area contributed by atoms with Crippen LogP contribution in [0.2, 0.25) is 10.0 Å².